The Morgan fingerprint density at radius 3 is 2.94 bits per heavy atom. The molecular weight excluding hydrogens is 228 g/mol. The van der Waals surface area contributed by atoms with E-state index >= 15 is 0 Å². The molecule has 2 aromatic rings. The summed E-state index contributed by atoms with van der Waals surface area (Å²) in [5, 5.41) is 0. The molecule has 4 heteroatoms. The second-order valence-electron chi connectivity index (χ2n) is 4.94. The van der Waals surface area contributed by atoms with E-state index in [1.165, 1.54) is 12.8 Å². The summed E-state index contributed by atoms with van der Waals surface area (Å²) in [5.74, 6) is 1.85. The van der Waals surface area contributed by atoms with Crippen molar-refractivity contribution in [2.24, 2.45) is 5.73 Å². The largest absolute Gasteiger partial charge is 0.497 e. The second-order valence-corrected chi connectivity index (χ2v) is 4.94. The van der Waals surface area contributed by atoms with E-state index in [1.54, 1.807) is 7.11 Å². The Bertz CT molecular complexity index is 550. The van der Waals surface area contributed by atoms with E-state index in [-0.39, 0.29) is 12.0 Å². The molecule has 0 amide bonds. The zero-order chi connectivity index (χ0) is 12.5. The molecule has 1 fully saturated rings. The van der Waals surface area contributed by atoms with Gasteiger partial charge >= 0.3 is 0 Å². The highest BCUT2D eigenvalue weighted by atomic mass is 16.5. The number of rotatable bonds is 2. The summed E-state index contributed by atoms with van der Waals surface area (Å²) in [6.07, 6.45) is 4.56. The third-order valence-electron chi connectivity index (χ3n) is 3.75. The van der Waals surface area contributed by atoms with Crippen LogP contribution in [0.3, 0.4) is 0 Å². The third kappa shape index (κ3) is 1.97. The molecule has 3 rings (SSSR count). The molecule has 0 bridgehead atoms. The van der Waals surface area contributed by atoms with Crippen molar-refractivity contribution < 1.29 is 9.15 Å². The lowest BCUT2D eigenvalue weighted by Crippen LogP contribution is -2.31. The van der Waals surface area contributed by atoms with E-state index in [4.69, 9.17) is 14.9 Å². The minimum Gasteiger partial charge on any atom is -0.497 e. The van der Waals surface area contributed by atoms with Crippen LogP contribution in [0, 0.1) is 0 Å². The molecule has 18 heavy (non-hydrogen) atoms. The maximum Gasteiger partial charge on any atom is 0.200 e. The molecule has 2 N–H and O–H groups in total. The number of methoxy groups -OCH3 is 1. The Hall–Kier alpha value is -1.55. The van der Waals surface area contributed by atoms with Crippen LogP contribution >= 0.6 is 0 Å². The molecular formula is C14H18N2O2. The molecule has 1 saturated carbocycles. The fourth-order valence-corrected chi connectivity index (χ4v) is 2.68. The normalized spacial score (nSPS) is 24.3. The van der Waals surface area contributed by atoms with Crippen molar-refractivity contribution >= 4 is 11.1 Å². The summed E-state index contributed by atoms with van der Waals surface area (Å²) in [4.78, 5) is 4.57. The van der Waals surface area contributed by atoms with Gasteiger partial charge < -0.3 is 14.9 Å². The zero-order valence-corrected chi connectivity index (χ0v) is 10.6. The minimum absolute atomic E-state index is 0.175. The number of nitrogens with two attached hydrogens (primary N) is 1. The van der Waals surface area contributed by atoms with Gasteiger partial charge in [-0.3, -0.25) is 0 Å². The lowest BCUT2D eigenvalue weighted by molar-refractivity contribution is 0.332. The Labute approximate surface area is 106 Å². The van der Waals surface area contributed by atoms with Gasteiger partial charge in [0.2, 0.25) is 0 Å². The van der Waals surface area contributed by atoms with Crippen LogP contribution in [0.2, 0.25) is 0 Å². The summed E-state index contributed by atoms with van der Waals surface area (Å²) in [7, 11) is 1.65. The predicted molar refractivity (Wildman–Crippen MR) is 69.7 cm³/mol. The van der Waals surface area contributed by atoms with Crippen LogP contribution < -0.4 is 10.5 Å². The van der Waals surface area contributed by atoms with E-state index in [0.717, 1.165) is 35.6 Å². The average Bonchev–Trinajstić information content (AvgIpc) is 2.81. The van der Waals surface area contributed by atoms with Crippen molar-refractivity contribution in [3.63, 3.8) is 0 Å². The van der Waals surface area contributed by atoms with E-state index in [2.05, 4.69) is 4.98 Å². The molecule has 1 aromatic carbocycles. The summed E-state index contributed by atoms with van der Waals surface area (Å²) >= 11 is 0. The van der Waals surface area contributed by atoms with Gasteiger partial charge in [-0.2, -0.15) is 0 Å². The zero-order valence-electron chi connectivity index (χ0n) is 10.6. The molecule has 4 nitrogen and oxygen atoms in total. The summed E-state index contributed by atoms with van der Waals surface area (Å²) in [6.45, 7) is 0. The van der Waals surface area contributed by atoms with Gasteiger partial charge in [-0.25, -0.2) is 4.98 Å². The van der Waals surface area contributed by atoms with Gasteiger partial charge in [-0.1, -0.05) is 12.8 Å². The van der Waals surface area contributed by atoms with Gasteiger partial charge in [0.15, 0.2) is 11.5 Å². The standard InChI is InChI=1S/C14H18N2O2/c1-17-9-6-7-13-12(8-9)16-14(18-13)10-4-2-3-5-11(10)15/h6-8,10-11H,2-5,15H2,1H3. The fourth-order valence-electron chi connectivity index (χ4n) is 2.68. The van der Waals surface area contributed by atoms with Gasteiger partial charge in [0.05, 0.1) is 13.0 Å². The molecule has 1 aromatic heterocycles. The lowest BCUT2D eigenvalue weighted by Gasteiger charge is -2.25. The highest BCUT2D eigenvalue weighted by Gasteiger charge is 2.27. The topological polar surface area (TPSA) is 61.3 Å². The average molecular weight is 246 g/mol. The Kier molecular flexibility index (Phi) is 2.96. The molecule has 96 valence electrons. The number of hydrogen-bond acceptors (Lipinski definition) is 4. The molecule has 2 atom stereocenters. The molecule has 0 spiro atoms. The number of fused-ring (bicyclic) bond motifs is 1. The van der Waals surface area contributed by atoms with Crippen molar-refractivity contribution in [2.75, 3.05) is 7.11 Å². The number of oxazole rings is 1. The number of hydrogen-bond donors (Lipinski definition) is 1. The molecule has 1 aliphatic carbocycles. The van der Waals surface area contributed by atoms with Crippen molar-refractivity contribution in [2.45, 2.75) is 37.6 Å². The monoisotopic (exact) mass is 246 g/mol. The maximum absolute atomic E-state index is 6.16. The molecule has 2 unspecified atom stereocenters. The molecule has 0 aliphatic heterocycles. The smallest absolute Gasteiger partial charge is 0.200 e. The molecule has 0 radical (unpaired) electrons. The van der Waals surface area contributed by atoms with Crippen LogP contribution in [0.5, 0.6) is 5.75 Å². The Morgan fingerprint density at radius 2 is 2.17 bits per heavy atom. The highest BCUT2D eigenvalue weighted by Crippen LogP contribution is 2.33. The first kappa shape index (κ1) is 11.5. The summed E-state index contributed by atoms with van der Waals surface area (Å²) < 4.78 is 11.0. The summed E-state index contributed by atoms with van der Waals surface area (Å²) in [5.41, 5.74) is 7.82. The molecule has 1 aliphatic rings. The third-order valence-corrected chi connectivity index (χ3v) is 3.75. The quantitative estimate of drug-likeness (QED) is 0.885. The van der Waals surface area contributed by atoms with Crippen molar-refractivity contribution in [1.29, 1.82) is 0 Å². The number of ether oxygens (including phenoxy) is 1. The van der Waals surface area contributed by atoms with Gasteiger partial charge in [0.25, 0.3) is 0 Å². The molecule has 0 saturated heterocycles. The number of aromatic nitrogens is 1. The van der Waals surface area contributed by atoms with Crippen LogP contribution in [0.15, 0.2) is 22.6 Å². The van der Waals surface area contributed by atoms with Gasteiger partial charge in [-0.15, -0.1) is 0 Å². The predicted octanol–water partition coefficient (Wildman–Crippen LogP) is 2.82. The first-order valence-corrected chi connectivity index (χ1v) is 6.48. The van der Waals surface area contributed by atoms with Crippen molar-refractivity contribution in [3.8, 4) is 5.75 Å². The Morgan fingerprint density at radius 1 is 1.33 bits per heavy atom. The first-order chi connectivity index (χ1) is 8.78. The second kappa shape index (κ2) is 4.61. The van der Waals surface area contributed by atoms with Crippen LogP contribution in [-0.2, 0) is 0 Å². The number of nitrogens with zero attached hydrogens (tertiary/aromatic N) is 1. The van der Waals surface area contributed by atoms with Gasteiger partial charge in [0.1, 0.15) is 11.3 Å². The van der Waals surface area contributed by atoms with Crippen LogP contribution in [0.4, 0.5) is 0 Å². The van der Waals surface area contributed by atoms with Crippen molar-refractivity contribution in [3.05, 3.63) is 24.1 Å². The SMILES string of the molecule is COc1ccc2oc(C3CCCCC3N)nc2c1. The lowest BCUT2D eigenvalue weighted by atomic mass is 9.85. The van der Waals surface area contributed by atoms with Gasteiger partial charge in [0, 0.05) is 12.1 Å². The maximum atomic E-state index is 6.16. The highest BCUT2D eigenvalue weighted by molar-refractivity contribution is 5.74. The molecule has 1 heterocycles. The first-order valence-electron chi connectivity index (χ1n) is 6.48. The summed E-state index contributed by atoms with van der Waals surface area (Å²) in [6, 6.07) is 5.86. The van der Waals surface area contributed by atoms with Crippen LogP contribution in [0.25, 0.3) is 11.1 Å². The van der Waals surface area contributed by atoms with Crippen LogP contribution in [-0.4, -0.2) is 18.1 Å². The fraction of sp³-hybridized carbons (Fsp3) is 0.500. The van der Waals surface area contributed by atoms with E-state index < -0.39 is 0 Å². The van der Waals surface area contributed by atoms with Crippen LogP contribution in [0.1, 0.15) is 37.5 Å². The number of benzene rings is 1. The van der Waals surface area contributed by atoms with Gasteiger partial charge in [-0.05, 0) is 25.0 Å². The minimum atomic E-state index is 0.175. The van der Waals surface area contributed by atoms with E-state index in [0.29, 0.717) is 0 Å². The van der Waals surface area contributed by atoms with E-state index in [1.807, 2.05) is 18.2 Å². The van der Waals surface area contributed by atoms with E-state index in [9.17, 15) is 0 Å². The van der Waals surface area contributed by atoms with Crippen molar-refractivity contribution in [1.82, 2.24) is 4.98 Å². The Balaban J connectivity index is 1.97.